The summed E-state index contributed by atoms with van der Waals surface area (Å²) < 4.78 is 47.1. The van der Waals surface area contributed by atoms with Crippen LogP contribution >= 0.6 is 0 Å². The first-order chi connectivity index (χ1) is 14.4. The number of likely N-dealkylation sites (tertiary alicyclic amines) is 1. The number of hydrogen-bond donors (Lipinski definition) is 0. The van der Waals surface area contributed by atoms with E-state index in [-0.39, 0.29) is 5.56 Å². The van der Waals surface area contributed by atoms with Crippen molar-refractivity contribution in [3.8, 4) is 0 Å². The second-order valence-electron chi connectivity index (χ2n) is 8.17. The summed E-state index contributed by atoms with van der Waals surface area (Å²) in [5, 5.41) is 0. The van der Waals surface area contributed by atoms with Crippen molar-refractivity contribution >= 4 is 6.09 Å². The van der Waals surface area contributed by atoms with Crippen LogP contribution in [0.4, 0.5) is 18.0 Å². The SMILES string of the molecule is CN1CCC(COC(=O)N2CCc3ccccc3[C@@H]2c2cc(F)c(F)c(F)c2)CC1. The van der Waals surface area contributed by atoms with E-state index >= 15 is 0 Å². The molecule has 0 aliphatic carbocycles. The maximum atomic E-state index is 14.0. The van der Waals surface area contributed by atoms with Gasteiger partial charge in [-0.05, 0) is 74.1 Å². The second kappa shape index (κ2) is 8.68. The largest absolute Gasteiger partial charge is 0.449 e. The minimum absolute atomic E-state index is 0.190. The molecule has 2 heterocycles. The zero-order chi connectivity index (χ0) is 21.3. The van der Waals surface area contributed by atoms with Gasteiger partial charge in [0, 0.05) is 6.54 Å². The molecule has 2 aromatic carbocycles. The summed E-state index contributed by atoms with van der Waals surface area (Å²) in [6.07, 6.45) is 2.02. The molecule has 0 aromatic heterocycles. The van der Waals surface area contributed by atoms with Gasteiger partial charge >= 0.3 is 6.09 Å². The summed E-state index contributed by atoms with van der Waals surface area (Å²) in [6.45, 7) is 2.62. The van der Waals surface area contributed by atoms with Crippen molar-refractivity contribution in [2.45, 2.75) is 25.3 Å². The highest BCUT2D eigenvalue weighted by molar-refractivity contribution is 5.70. The number of amides is 1. The number of carbonyl (C=O) groups is 1. The average molecular weight is 418 g/mol. The lowest BCUT2D eigenvalue weighted by Gasteiger charge is -2.37. The summed E-state index contributed by atoms with van der Waals surface area (Å²) in [4.78, 5) is 16.7. The third-order valence-corrected chi connectivity index (χ3v) is 6.12. The fraction of sp³-hybridized carbons (Fsp3) is 0.435. The van der Waals surface area contributed by atoms with Crippen molar-refractivity contribution in [1.29, 1.82) is 0 Å². The van der Waals surface area contributed by atoms with Gasteiger partial charge in [0.05, 0.1) is 12.6 Å². The highest BCUT2D eigenvalue weighted by Gasteiger charge is 2.34. The summed E-state index contributed by atoms with van der Waals surface area (Å²) in [6, 6.07) is 8.65. The Morgan fingerprint density at radius 1 is 1.07 bits per heavy atom. The Kier molecular flexibility index (Phi) is 5.99. The van der Waals surface area contributed by atoms with Gasteiger partial charge in [0.2, 0.25) is 0 Å². The highest BCUT2D eigenvalue weighted by atomic mass is 19.2. The van der Waals surface area contributed by atoms with Crippen molar-refractivity contribution in [3.05, 3.63) is 70.5 Å². The number of halogens is 3. The van der Waals surface area contributed by atoms with Gasteiger partial charge in [-0.15, -0.1) is 0 Å². The first kappa shape index (κ1) is 20.7. The molecule has 0 bridgehead atoms. The van der Waals surface area contributed by atoms with Crippen molar-refractivity contribution in [2.75, 3.05) is 33.3 Å². The fourth-order valence-corrected chi connectivity index (χ4v) is 4.36. The lowest BCUT2D eigenvalue weighted by molar-refractivity contribution is 0.0637. The van der Waals surface area contributed by atoms with E-state index in [2.05, 4.69) is 11.9 Å². The van der Waals surface area contributed by atoms with Crippen LogP contribution in [0.2, 0.25) is 0 Å². The minimum Gasteiger partial charge on any atom is -0.449 e. The molecule has 1 atom stereocenters. The van der Waals surface area contributed by atoms with Gasteiger partial charge in [-0.3, -0.25) is 4.90 Å². The first-order valence-electron chi connectivity index (χ1n) is 10.3. The van der Waals surface area contributed by atoms with Crippen LogP contribution in [0.3, 0.4) is 0 Å². The molecule has 0 radical (unpaired) electrons. The van der Waals surface area contributed by atoms with E-state index in [0.29, 0.717) is 25.5 Å². The third kappa shape index (κ3) is 4.17. The summed E-state index contributed by atoms with van der Waals surface area (Å²) in [7, 11) is 2.07. The second-order valence-corrected chi connectivity index (χ2v) is 8.17. The van der Waals surface area contributed by atoms with Gasteiger partial charge in [-0.1, -0.05) is 24.3 Å². The van der Waals surface area contributed by atoms with E-state index in [1.807, 2.05) is 24.3 Å². The molecule has 160 valence electrons. The number of ether oxygens (including phenoxy) is 1. The van der Waals surface area contributed by atoms with E-state index in [9.17, 15) is 18.0 Å². The van der Waals surface area contributed by atoms with Gasteiger partial charge in [-0.25, -0.2) is 18.0 Å². The lowest BCUT2D eigenvalue weighted by atomic mass is 9.88. The Bertz CT molecular complexity index is 905. The molecule has 30 heavy (non-hydrogen) atoms. The molecule has 1 fully saturated rings. The Morgan fingerprint density at radius 2 is 1.73 bits per heavy atom. The molecule has 2 aliphatic heterocycles. The highest BCUT2D eigenvalue weighted by Crippen LogP contribution is 2.36. The minimum atomic E-state index is -1.51. The van der Waals surface area contributed by atoms with Crippen molar-refractivity contribution in [2.24, 2.45) is 5.92 Å². The van der Waals surface area contributed by atoms with Gasteiger partial charge in [0.25, 0.3) is 0 Å². The molecule has 0 unspecified atom stereocenters. The quantitative estimate of drug-likeness (QED) is 0.687. The zero-order valence-corrected chi connectivity index (χ0v) is 16.9. The molecule has 0 N–H and O–H groups in total. The van der Waals surface area contributed by atoms with E-state index in [1.54, 1.807) is 0 Å². The van der Waals surface area contributed by atoms with Gasteiger partial charge in [0.15, 0.2) is 17.5 Å². The number of carbonyl (C=O) groups excluding carboxylic acids is 1. The van der Waals surface area contributed by atoms with Crippen LogP contribution in [0.25, 0.3) is 0 Å². The Balaban J connectivity index is 1.59. The van der Waals surface area contributed by atoms with Crippen LogP contribution in [0.5, 0.6) is 0 Å². The van der Waals surface area contributed by atoms with Gasteiger partial charge in [-0.2, -0.15) is 0 Å². The zero-order valence-electron chi connectivity index (χ0n) is 16.9. The first-order valence-corrected chi connectivity index (χ1v) is 10.3. The van der Waals surface area contributed by atoms with E-state index in [1.165, 1.54) is 4.90 Å². The Morgan fingerprint density at radius 3 is 2.43 bits per heavy atom. The van der Waals surface area contributed by atoms with Crippen LogP contribution in [0.1, 0.15) is 35.6 Å². The van der Waals surface area contributed by atoms with Crippen molar-refractivity contribution in [1.82, 2.24) is 9.80 Å². The number of nitrogens with zero attached hydrogens (tertiary/aromatic N) is 2. The van der Waals surface area contributed by atoms with E-state index in [4.69, 9.17) is 4.74 Å². The van der Waals surface area contributed by atoms with Crippen LogP contribution in [-0.2, 0) is 11.2 Å². The monoisotopic (exact) mass is 418 g/mol. The van der Waals surface area contributed by atoms with Crippen LogP contribution < -0.4 is 0 Å². The Labute approximate surface area is 174 Å². The summed E-state index contributed by atoms with van der Waals surface area (Å²) in [5.41, 5.74) is 1.95. The lowest BCUT2D eigenvalue weighted by Crippen LogP contribution is -2.42. The molecule has 4 rings (SSSR count). The van der Waals surface area contributed by atoms with E-state index in [0.717, 1.165) is 49.2 Å². The normalized spacial score (nSPS) is 20.1. The van der Waals surface area contributed by atoms with Gasteiger partial charge < -0.3 is 9.64 Å². The number of benzene rings is 2. The number of hydrogen-bond acceptors (Lipinski definition) is 3. The summed E-state index contributed by atoms with van der Waals surface area (Å²) >= 11 is 0. The third-order valence-electron chi connectivity index (χ3n) is 6.12. The van der Waals surface area contributed by atoms with Crippen molar-refractivity contribution < 1.29 is 22.7 Å². The standard InChI is InChI=1S/C23H25F3N2O2/c1-27-9-6-15(7-10-27)14-30-23(29)28-11-8-16-4-2-3-5-18(16)22(28)17-12-19(24)21(26)20(25)13-17/h2-5,12-13,15,22H,6-11,14H2,1H3/t22-/m0/s1. The predicted octanol–water partition coefficient (Wildman–Crippen LogP) is 4.53. The molecular formula is C23H25F3N2O2. The molecule has 1 amide bonds. The van der Waals surface area contributed by atoms with Gasteiger partial charge in [0.1, 0.15) is 0 Å². The summed E-state index contributed by atoms with van der Waals surface area (Å²) in [5.74, 6) is -3.75. The molecule has 7 heteroatoms. The topological polar surface area (TPSA) is 32.8 Å². The number of fused-ring (bicyclic) bond motifs is 1. The molecule has 2 aliphatic rings. The smallest absolute Gasteiger partial charge is 0.410 e. The maximum Gasteiger partial charge on any atom is 0.410 e. The van der Waals surface area contributed by atoms with Crippen LogP contribution in [-0.4, -0.2) is 49.2 Å². The molecule has 0 saturated carbocycles. The average Bonchev–Trinajstić information content (AvgIpc) is 2.75. The van der Waals surface area contributed by atoms with E-state index < -0.39 is 29.6 Å². The molecule has 4 nitrogen and oxygen atoms in total. The number of piperidine rings is 1. The van der Waals surface area contributed by atoms with Crippen LogP contribution in [0.15, 0.2) is 36.4 Å². The number of rotatable bonds is 3. The Hall–Kier alpha value is -2.54. The van der Waals surface area contributed by atoms with Crippen molar-refractivity contribution in [3.63, 3.8) is 0 Å². The molecule has 1 saturated heterocycles. The fourth-order valence-electron chi connectivity index (χ4n) is 4.36. The molecule has 0 spiro atoms. The maximum absolute atomic E-state index is 14.0. The molecular weight excluding hydrogens is 393 g/mol. The van der Waals surface area contributed by atoms with Crippen LogP contribution in [0, 0.1) is 23.4 Å². The molecule has 2 aromatic rings. The predicted molar refractivity (Wildman–Crippen MR) is 107 cm³/mol.